The number of ether oxygens (including phenoxy) is 1. The van der Waals surface area contributed by atoms with E-state index in [2.05, 4.69) is 60.0 Å². The lowest BCUT2D eigenvalue weighted by Gasteiger charge is -2.43. The van der Waals surface area contributed by atoms with Crippen molar-refractivity contribution in [1.29, 1.82) is 0 Å². The van der Waals surface area contributed by atoms with E-state index in [0.717, 1.165) is 43.1 Å². The topological polar surface area (TPSA) is 36.5 Å². The molecule has 3 rings (SSSR count). The zero-order valence-corrected chi connectivity index (χ0v) is 15.0. The van der Waals surface area contributed by atoms with Crippen LogP contribution in [0.1, 0.15) is 29.5 Å². The highest BCUT2D eigenvalue weighted by Crippen LogP contribution is 2.36. The summed E-state index contributed by atoms with van der Waals surface area (Å²) in [6.45, 7) is 18.7. The lowest BCUT2D eigenvalue weighted by molar-refractivity contribution is 0.185. The summed E-state index contributed by atoms with van der Waals surface area (Å²) in [5.41, 5.74) is 5.58. The minimum atomic E-state index is -0.165. The van der Waals surface area contributed by atoms with E-state index in [0.29, 0.717) is 6.61 Å². The highest BCUT2D eigenvalue weighted by molar-refractivity contribution is 5.69. The number of benzene rings is 1. The van der Waals surface area contributed by atoms with E-state index in [1.807, 2.05) is 6.08 Å². The van der Waals surface area contributed by atoms with Crippen LogP contribution in [0, 0.1) is 0 Å². The molecule has 2 N–H and O–H groups in total. The fourth-order valence-electron chi connectivity index (χ4n) is 3.90. The van der Waals surface area contributed by atoms with Gasteiger partial charge in [0.05, 0.1) is 18.0 Å². The highest BCUT2D eigenvalue weighted by atomic mass is 16.5. The van der Waals surface area contributed by atoms with Crippen molar-refractivity contribution >= 4 is 5.70 Å². The molecule has 0 radical (unpaired) electrons. The van der Waals surface area contributed by atoms with Crippen molar-refractivity contribution in [1.82, 2.24) is 15.5 Å². The van der Waals surface area contributed by atoms with Gasteiger partial charge in [0, 0.05) is 43.6 Å². The second-order valence-corrected chi connectivity index (χ2v) is 7.01. The van der Waals surface area contributed by atoms with Crippen molar-refractivity contribution in [3.63, 3.8) is 0 Å². The molecule has 132 valence electrons. The van der Waals surface area contributed by atoms with E-state index in [4.69, 9.17) is 4.74 Å². The van der Waals surface area contributed by atoms with Crippen LogP contribution in [0.3, 0.4) is 0 Å². The smallest absolute Gasteiger partial charge is 0.0959 e. The Kier molecular flexibility index (Phi) is 4.73. The molecule has 0 spiro atoms. The molecule has 1 fully saturated rings. The van der Waals surface area contributed by atoms with Crippen LogP contribution in [-0.2, 0) is 17.9 Å². The Morgan fingerprint density at radius 2 is 2.12 bits per heavy atom. The summed E-state index contributed by atoms with van der Waals surface area (Å²) in [6, 6.07) is 6.50. The number of methoxy groups -OCH3 is 1. The van der Waals surface area contributed by atoms with Gasteiger partial charge < -0.3 is 20.3 Å². The lowest BCUT2D eigenvalue weighted by Crippen LogP contribution is -2.57. The Bertz CT molecular complexity index is 719. The molecule has 25 heavy (non-hydrogen) atoms. The minimum Gasteiger partial charge on any atom is -0.380 e. The van der Waals surface area contributed by atoms with E-state index in [9.17, 15) is 0 Å². The second-order valence-electron chi connectivity index (χ2n) is 7.01. The molecule has 1 aromatic carbocycles. The normalized spacial score (nSPS) is 22.4. The van der Waals surface area contributed by atoms with Gasteiger partial charge in [-0.05, 0) is 23.6 Å². The molecule has 0 aromatic heterocycles. The summed E-state index contributed by atoms with van der Waals surface area (Å²) >= 11 is 0. The summed E-state index contributed by atoms with van der Waals surface area (Å²) < 4.78 is 5.25. The lowest BCUT2D eigenvalue weighted by atomic mass is 9.87. The molecule has 2 heterocycles. The van der Waals surface area contributed by atoms with Gasteiger partial charge in [-0.3, -0.25) is 0 Å². The molecule has 1 atom stereocenters. The van der Waals surface area contributed by atoms with Crippen LogP contribution >= 0.6 is 0 Å². The molecule has 2 aliphatic heterocycles. The maximum atomic E-state index is 5.25. The first-order valence-electron chi connectivity index (χ1n) is 8.54. The van der Waals surface area contributed by atoms with Gasteiger partial charge in [0.1, 0.15) is 0 Å². The maximum Gasteiger partial charge on any atom is 0.0959 e. The fraction of sp³-hybridized carbons (Fsp3) is 0.333. The number of rotatable bonds is 6. The molecule has 1 saturated heterocycles. The van der Waals surface area contributed by atoms with Crippen LogP contribution in [0.4, 0.5) is 0 Å². The zero-order chi connectivity index (χ0) is 18.0. The quantitative estimate of drug-likeness (QED) is 0.779. The Labute approximate surface area is 150 Å². The van der Waals surface area contributed by atoms with Crippen LogP contribution in [0.2, 0.25) is 0 Å². The third-order valence-corrected chi connectivity index (χ3v) is 4.86. The van der Waals surface area contributed by atoms with Crippen molar-refractivity contribution < 1.29 is 4.74 Å². The molecule has 4 nitrogen and oxygen atoms in total. The number of hydrogen-bond acceptors (Lipinski definition) is 4. The average Bonchev–Trinajstić information content (AvgIpc) is 2.83. The van der Waals surface area contributed by atoms with E-state index >= 15 is 0 Å². The van der Waals surface area contributed by atoms with Gasteiger partial charge in [-0.1, -0.05) is 37.9 Å². The average molecular weight is 337 g/mol. The fourth-order valence-corrected chi connectivity index (χ4v) is 3.90. The molecule has 2 aliphatic rings. The molecular formula is C21H27N3O. The summed E-state index contributed by atoms with van der Waals surface area (Å²) in [7, 11) is 1.72. The zero-order valence-electron chi connectivity index (χ0n) is 15.0. The van der Waals surface area contributed by atoms with Crippen LogP contribution in [0.5, 0.6) is 0 Å². The molecule has 4 heteroatoms. The first-order chi connectivity index (χ1) is 12.0. The predicted molar refractivity (Wildman–Crippen MR) is 103 cm³/mol. The van der Waals surface area contributed by atoms with Crippen molar-refractivity contribution in [3.05, 3.63) is 78.8 Å². The summed E-state index contributed by atoms with van der Waals surface area (Å²) in [5, 5.41) is 6.70. The molecule has 1 aromatic rings. The van der Waals surface area contributed by atoms with Crippen molar-refractivity contribution in [2.24, 2.45) is 0 Å². The molecule has 0 bridgehead atoms. The first kappa shape index (κ1) is 17.4. The predicted octanol–water partition coefficient (Wildman–Crippen LogP) is 3.50. The van der Waals surface area contributed by atoms with Crippen LogP contribution < -0.4 is 10.6 Å². The van der Waals surface area contributed by atoms with E-state index in [1.54, 1.807) is 7.11 Å². The molecule has 1 unspecified atom stereocenters. The van der Waals surface area contributed by atoms with Crippen molar-refractivity contribution in [3.8, 4) is 0 Å². The van der Waals surface area contributed by atoms with Crippen LogP contribution in [0.15, 0.2) is 62.1 Å². The van der Waals surface area contributed by atoms with Gasteiger partial charge >= 0.3 is 0 Å². The van der Waals surface area contributed by atoms with Gasteiger partial charge in [-0.15, -0.1) is 6.58 Å². The first-order valence-corrected chi connectivity index (χ1v) is 8.54. The Morgan fingerprint density at radius 1 is 1.32 bits per heavy atom. The minimum absolute atomic E-state index is 0.165. The summed E-state index contributed by atoms with van der Waals surface area (Å²) in [4.78, 5) is 2.34. The van der Waals surface area contributed by atoms with Crippen molar-refractivity contribution in [2.75, 3.05) is 13.7 Å². The molecular weight excluding hydrogens is 310 g/mol. The van der Waals surface area contributed by atoms with Crippen molar-refractivity contribution in [2.45, 2.75) is 31.5 Å². The van der Waals surface area contributed by atoms with Gasteiger partial charge in [0.25, 0.3) is 0 Å². The Balaban J connectivity index is 1.82. The Morgan fingerprint density at radius 3 is 2.80 bits per heavy atom. The summed E-state index contributed by atoms with van der Waals surface area (Å²) in [6.07, 6.45) is 3.62. The van der Waals surface area contributed by atoms with E-state index in [1.165, 1.54) is 16.7 Å². The third-order valence-electron chi connectivity index (χ3n) is 4.86. The largest absolute Gasteiger partial charge is 0.380 e. The van der Waals surface area contributed by atoms with Crippen LogP contribution in [-0.4, -0.2) is 24.1 Å². The Hall–Kier alpha value is -2.46. The monoisotopic (exact) mass is 337 g/mol. The summed E-state index contributed by atoms with van der Waals surface area (Å²) in [5.74, 6) is 0.794. The maximum absolute atomic E-state index is 5.25. The molecule has 0 saturated carbocycles. The van der Waals surface area contributed by atoms with Crippen LogP contribution in [0.25, 0.3) is 5.70 Å². The van der Waals surface area contributed by atoms with Gasteiger partial charge in [0.15, 0.2) is 0 Å². The van der Waals surface area contributed by atoms with E-state index < -0.39 is 0 Å². The third kappa shape index (κ3) is 3.49. The molecule has 0 amide bonds. The number of nitrogens with zero attached hydrogens (tertiary/aromatic N) is 1. The van der Waals surface area contributed by atoms with E-state index in [-0.39, 0.29) is 5.54 Å². The number of nitrogens with one attached hydrogen (secondary N) is 2. The molecule has 0 aliphatic carbocycles. The van der Waals surface area contributed by atoms with Gasteiger partial charge in [0.2, 0.25) is 0 Å². The van der Waals surface area contributed by atoms with Gasteiger partial charge in [-0.2, -0.15) is 0 Å². The van der Waals surface area contributed by atoms with Gasteiger partial charge in [-0.25, -0.2) is 0 Å². The second kappa shape index (κ2) is 6.81. The number of hydrogen-bond donors (Lipinski definition) is 2. The standard InChI is InChI=1S/C21H27N3O/c1-6-9-21(11-15(2)22-17(4)23-21)14-24-12-19-8-7-18(13-25-5)10-20(19)16(24)3/h6-8,10,22-23H,1-4,9,11-14H2,5H3. The number of fused-ring (bicyclic) bond motifs is 1. The highest BCUT2D eigenvalue weighted by Gasteiger charge is 2.37. The SMILES string of the molecule is C=CCC1(CN2Cc3ccc(COC)cc3C2=C)CC(=C)NC(=C)N1.